The fourth-order valence-corrected chi connectivity index (χ4v) is 4.20. The molecule has 7 nitrogen and oxygen atoms in total. The van der Waals surface area contributed by atoms with Gasteiger partial charge in [0.15, 0.2) is 0 Å². The Morgan fingerprint density at radius 3 is 2.90 bits per heavy atom. The highest BCUT2D eigenvalue weighted by Gasteiger charge is 2.23. The van der Waals surface area contributed by atoms with Crippen molar-refractivity contribution in [3.63, 3.8) is 0 Å². The summed E-state index contributed by atoms with van der Waals surface area (Å²) in [4.78, 5) is 32.3. The maximum atomic E-state index is 12.7. The molecule has 29 heavy (non-hydrogen) atoms. The van der Waals surface area contributed by atoms with E-state index in [4.69, 9.17) is 9.40 Å². The number of rotatable bonds is 4. The van der Waals surface area contributed by atoms with Gasteiger partial charge in [-0.15, -0.1) is 11.3 Å². The van der Waals surface area contributed by atoms with E-state index in [0.29, 0.717) is 24.8 Å². The van der Waals surface area contributed by atoms with E-state index >= 15 is 0 Å². The molecule has 5 rings (SSSR count). The number of thiophene rings is 1. The van der Waals surface area contributed by atoms with Crippen molar-refractivity contribution in [2.45, 2.75) is 26.4 Å². The van der Waals surface area contributed by atoms with Crippen molar-refractivity contribution in [2.75, 3.05) is 6.54 Å². The van der Waals surface area contributed by atoms with Crippen molar-refractivity contribution < 1.29 is 4.42 Å². The normalized spacial score (nSPS) is 14.1. The lowest BCUT2D eigenvalue weighted by atomic mass is 10.1. The minimum Gasteiger partial charge on any atom is -0.440 e. The Kier molecular flexibility index (Phi) is 4.57. The van der Waals surface area contributed by atoms with Crippen LogP contribution in [0.5, 0.6) is 0 Å². The minimum atomic E-state index is -0.0809. The van der Waals surface area contributed by atoms with Crippen LogP contribution in [0.4, 0.5) is 0 Å². The van der Waals surface area contributed by atoms with Crippen LogP contribution >= 0.6 is 11.3 Å². The van der Waals surface area contributed by atoms with E-state index in [-0.39, 0.29) is 5.56 Å². The summed E-state index contributed by atoms with van der Waals surface area (Å²) in [6, 6.07) is 7.68. The average Bonchev–Trinajstić information content (AvgIpc) is 3.39. The number of aromatic amines is 1. The highest BCUT2D eigenvalue weighted by molar-refractivity contribution is 7.13. The van der Waals surface area contributed by atoms with Crippen LogP contribution in [0.2, 0.25) is 0 Å². The third-order valence-corrected chi connectivity index (χ3v) is 5.96. The molecule has 0 amide bonds. The van der Waals surface area contributed by atoms with Gasteiger partial charge in [0.2, 0.25) is 5.89 Å². The standard InChI is InChI=1S/C21H19N5O2S/c1-13-17(24-21(28-13)18-3-2-10-29-18)12-26-9-6-16-15(11-26)20(27)25-19(23-16)14-4-7-22-8-5-14/h2-5,7-8,10H,6,9,11-12H2,1H3,(H,23,25,27). The maximum absolute atomic E-state index is 12.7. The Hall–Kier alpha value is -3.10. The van der Waals surface area contributed by atoms with Gasteiger partial charge in [0.25, 0.3) is 5.56 Å². The lowest BCUT2D eigenvalue weighted by molar-refractivity contribution is 0.238. The van der Waals surface area contributed by atoms with Crippen LogP contribution in [0.1, 0.15) is 22.7 Å². The molecule has 0 saturated heterocycles. The summed E-state index contributed by atoms with van der Waals surface area (Å²) in [5.74, 6) is 2.07. The first kappa shape index (κ1) is 18.0. The number of oxazole rings is 1. The topological polar surface area (TPSA) is 87.9 Å². The Balaban J connectivity index is 1.37. The van der Waals surface area contributed by atoms with Crippen LogP contribution in [0.15, 0.2) is 51.3 Å². The summed E-state index contributed by atoms with van der Waals surface area (Å²) >= 11 is 1.61. The van der Waals surface area contributed by atoms with Gasteiger partial charge < -0.3 is 9.40 Å². The van der Waals surface area contributed by atoms with Gasteiger partial charge in [0, 0.05) is 44.0 Å². The molecule has 1 N–H and O–H groups in total. The van der Waals surface area contributed by atoms with Crippen molar-refractivity contribution >= 4 is 11.3 Å². The van der Waals surface area contributed by atoms with E-state index in [2.05, 4.69) is 19.9 Å². The Bertz CT molecular complexity index is 1200. The first-order chi connectivity index (χ1) is 14.2. The number of hydrogen-bond acceptors (Lipinski definition) is 7. The second-order valence-corrected chi connectivity index (χ2v) is 7.98. The van der Waals surface area contributed by atoms with Gasteiger partial charge in [0.05, 0.1) is 21.8 Å². The number of hydrogen-bond donors (Lipinski definition) is 1. The molecule has 0 aromatic carbocycles. The highest BCUT2D eigenvalue weighted by Crippen LogP contribution is 2.27. The van der Waals surface area contributed by atoms with E-state index in [1.165, 1.54) is 0 Å². The first-order valence-corrected chi connectivity index (χ1v) is 10.3. The zero-order valence-electron chi connectivity index (χ0n) is 15.9. The van der Waals surface area contributed by atoms with Gasteiger partial charge in [-0.3, -0.25) is 14.7 Å². The molecule has 4 aromatic rings. The summed E-state index contributed by atoms with van der Waals surface area (Å²) in [7, 11) is 0. The molecular weight excluding hydrogens is 386 g/mol. The summed E-state index contributed by atoms with van der Waals surface area (Å²) in [5, 5.41) is 2.01. The number of pyridine rings is 1. The molecule has 0 atom stereocenters. The number of aromatic nitrogens is 4. The lowest BCUT2D eigenvalue weighted by Gasteiger charge is -2.27. The van der Waals surface area contributed by atoms with Gasteiger partial charge in [-0.05, 0) is 30.5 Å². The predicted octanol–water partition coefficient (Wildman–Crippen LogP) is 3.42. The van der Waals surface area contributed by atoms with Crippen molar-refractivity contribution in [2.24, 2.45) is 0 Å². The molecule has 5 heterocycles. The van der Waals surface area contributed by atoms with Gasteiger partial charge in [-0.25, -0.2) is 9.97 Å². The molecule has 0 spiro atoms. The molecule has 1 aliphatic rings. The van der Waals surface area contributed by atoms with Crippen LogP contribution in [0.25, 0.3) is 22.2 Å². The predicted molar refractivity (Wildman–Crippen MR) is 110 cm³/mol. The van der Waals surface area contributed by atoms with Crippen molar-refractivity contribution in [3.05, 3.63) is 75.1 Å². The summed E-state index contributed by atoms with van der Waals surface area (Å²) < 4.78 is 5.85. The smallest absolute Gasteiger partial charge is 0.255 e. The SMILES string of the molecule is Cc1oc(-c2cccs2)nc1CN1CCc2nc(-c3ccncc3)[nH]c(=O)c2C1. The number of fused-ring (bicyclic) bond motifs is 1. The number of H-pyrrole nitrogens is 1. The first-order valence-electron chi connectivity index (χ1n) is 9.42. The number of nitrogens with one attached hydrogen (secondary N) is 1. The van der Waals surface area contributed by atoms with Crippen LogP contribution in [0, 0.1) is 6.92 Å². The van der Waals surface area contributed by atoms with E-state index < -0.39 is 0 Å². The monoisotopic (exact) mass is 405 g/mol. The summed E-state index contributed by atoms with van der Waals surface area (Å²) in [5.41, 5.74) is 3.29. The molecule has 0 saturated carbocycles. The highest BCUT2D eigenvalue weighted by atomic mass is 32.1. The van der Waals surface area contributed by atoms with E-state index in [9.17, 15) is 4.79 Å². The molecule has 146 valence electrons. The van der Waals surface area contributed by atoms with Crippen LogP contribution < -0.4 is 5.56 Å². The minimum absolute atomic E-state index is 0.0809. The number of aryl methyl sites for hydroxylation is 1. The van der Waals surface area contributed by atoms with E-state index in [1.807, 2.05) is 36.6 Å². The molecule has 0 bridgehead atoms. The Morgan fingerprint density at radius 2 is 2.10 bits per heavy atom. The molecule has 8 heteroatoms. The Morgan fingerprint density at radius 1 is 1.24 bits per heavy atom. The molecule has 0 fully saturated rings. The van der Waals surface area contributed by atoms with Gasteiger partial charge in [0.1, 0.15) is 11.6 Å². The lowest BCUT2D eigenvalue weighted by Crippen LogP contribution is -2.35. The fraction of sp³-hybridized carbons (Fsp3) is 0.238. The second-order valence-electron chi connectivity index (χ2n) is 7.04. The molecule has 0 unspecified atom stereocenters. The Labute approximate surface area is 171 Å². The molecule has 4 aromatic heterocycles. The van der Waals surface area contributed by atoms with Gasteiger partial charge in [-0.1, -0.05) is 6.07 Å². The third kappa shape index (κ3) is 3.52. The number of nitrogens with zero attached hydrogens (tertiary/aromatic N) is 4. The zero-order valence-corrected chi connectivity index (χ0v) is 16.7. The second kappa shape index (κ2) is 7.38. The largest absolute Gasteiger partial charge is 0.440 e. The quantitative estimate of drug-likeness (QED) is 0.560. The molecule has 1 aliphatic heterocycles. The van der Waals surface area contributed by atoms with Gasteiger partial charge >= 0.3 is 0 Å². The van der Waals surface area contributed by atoms with Crippen molar-refractivity contribution in [1.82, 2.24) is 24.8 Å². The summed E-state index contributed by atoms with van der Waals surface area (Å²) in [6.07, 6.45) is 4.12. The van der Waals surface area contributed by atoms with Crippen LogP contribution in [-0.2, 0) is 19.5 Å². The van der Waals surface area contributed by atoms with E-state index in [1.54, 1.807) is 23.7 Å². The average molecular weight is 405 g/mol. The van der Waals surface area contributed by atoms with Crippen molar-refractivity contribution in [3.8, 4) is 22.2 Å². The van der Waals surface area contributed by atoms with Gasteiger partial charge in [-0.2, -0.15) is 0 Å². The molecule has 0 aliphatic carbocycles. The van der Waals surface area contributed by atoms with Crippen LogP contribution in [-0.4, -0.2) is 31.4 Å². The summed E-state index contributed by atoms with van der Waals surface area (Å²) in [6.45, 7) is 3.95. The molecular formula is C21H19N5O2S. The van der Waals surface area contributed by atoms with Crippen LogP contribution in [0.3, 0.4) is 0 Å². The van der Waals surface area contributed by atoms with E-state index in [0.717, 1.165) is 46.1 Å². The molecule has 0 radical (unpaired) electrons. The fourth-order valence-electron chi connectivity index (χ4n) is 3.55. The third-order valence-electron chi connectivity index (χ3n) is 5.10. The van der Waals surface area contributed by atoms with Crippen molar-refractivity contribution in [1.29, 1.82) is 0 Å². The zero-order chi connectivity index (χ0) is 19.8. The maximum Gasteiger partial charge on any atom is 0.255 e.